The molecule has 0 aromatic heterocycles. The molecule has 0 spiro atoms. The average molecular weight is 179 g/mol. The molecule has 1 atom stereocenters. The fourth-order valence-electron chi connectivity index (χ4n) is 0.913. The Hall–Kier alpha value is 0.314. The SMILES string of the molecule is OC[C@@H]1CCCN1.[SiH3]O[SiH3]. The molecule has 1 saturated heterocycles. The number of hydrogen-bond donors (Lipinski definition) is 2. The number of aliphatic hydroxyl groups is 1. The second kappa shape index (κ2) is 7.42. The molecule has 0 saturated carbocycles. The lowest BCUT2D eigenvalue weighted by molar-refractivity contribution is 0.255. The van der Waals surface area contributed by atoms with E-state index >= 15 is 0 Å². The Labute approximate surface area is 68.2 Å². The van der Waals surface area contributed by atoms with Gasteiger partial charge in [0.1, 0.15) is 21.0 Å². The van der Waals surface area contributed by atoms with Crippen molar-refractivity contribution < 1.29 is 9.22 Å². The van der Waals surface area contributed by atoms with Crippen molar-refractivity contribution in [1.82, 2.24) is 5.32 Å². The van der Waals surface area contributed by atoms with Crippen LogP contribution in [0.2, 0.25) is 0 Å². The normalized spacial score (nSPS) is 24.3. The molecule has 0 radical (unpaired) electrons. The summed E-state index contributed by atoms with van der Waals surface area (Å²) in [7, 11) is 1.86. The molecule has 3 nitrogen and oxygen atoms in total. The van der Waals surface area contributed by atoms with Gasteiger partial charge in [-0.15, -0.1) is 0 Å². The zero-order valence-electron chi connectivity index (χ0n) is 6.76. The Kier molecular flexibility index (Phi) is 7.65. The minimum Gasteiger partial charge on any atom is -0.471 e. The summed E-state index contributed by atoms with van der Waals surface area (Å²) in [6.07, 6.45) is 2.38. The number of hydrogen-bond acceptors (Lipinski definition) is 3. The van der Waals surface area contributed by atoms with E-state index in [-0.39, 0.29) is 0 Å². The molecule has 62 valence electrons. The molecule has 1 aliphatic rings. The van der Waals surface area contributed by atoms with Gasteiger partial charge in [0.25, 0.3) is 0 Å². The summed E-state index contributed by atoms with van der Waals surface area (Å²) in [5.41, 5.74) is 0. The van der Waals surface area contributed by atoms with E-state index in [1.54, 1.807) is 0 Å². The maximum atomic E-state index is 8.50. The number of aliphatic hydroxyl groups excluding tert-OH is 1. The smallest absolute Gasteiger partial charge is 0.129 e. The van der Waals surface area contributed by atoms with E-state index in [0.717, 1.165) is 33.9 Å². The molecule has 0 amide bonds. The minimum atomic E-state index is 0.306. The van der Waals surface area contributed by atoms with Gasteiger partial charge >= 0.3 is 0 Å². The van der Waals surface area contributed by atoms with E-state index in [0.29, 0.717) is 12.6 Å². The van der Waals surface area contributed by atoms with E-state index in [1.807, 2.05) is 0 Å². The first-order valence-electron chi connectivity index (χ1n) is 3.59. The van der Waals surface area contributed by atoms with Crippen molar-refractivity contribution in [2.24, 2.45) is 0 Å². The molecule has 2 N–H and O–H groups in total. The lowest BCUT2D eigenvalue weighted by Gasteiger charge is -2.01. The van der Waals surface area contributed by atoms with Crippen LogP contribution in [0.25, 0.3) is 0 Å². The van der Waals surface area contributed by atoms with Crippen molar-refractivity contribution >= 4 is 21.0 Å². The molecule has 0 aromatic carbocycles. The molecule has 1 rings (SSSR count). The van der Waals surface area contributed by atoms with Gasteiger partial charge in [-0.2, -0.15) is 0 Å². The van der Waals surface area contributed by atoms with Crippen molar-refractivity contribution in [3.05, 3.63) is 0 Å². The second-order valence-electron chi connectivity index (χ2n) is 2.38. The summed E-state index contributed by atoms with van der Waals surface area (Å²) >= 11 is 0. The largest absolute Gasteiger partial charge is 0.471 e. The van der Waals surface area contributed by atoms with E-state index in [2.05, 4.69) is 9.43 Å². The topological polar surface area (TPSA) is 41.5 Å². The van der Waals surface area contributed by atoms with E-state index < -0.39 is 0 Å². The molecule has 0 bridgehead atoms. The monoisotopic (exact) mass is 179 g/mol. The molecule has 0 aromatic rings. The lowest BCUT2D eigenvalue weighted by atomic mass is 10.2. The highest BCUT2D eigenvalue weighted by atomic mass is 28.3. The fourth-order valence-corrected chi connectivity index (χ4v) is 0.913. The molecule has 10 heavy (non-hydrogen) atoms. The summed E-state index contributed by atoms with van der Waals surface area (Å²) in [5.74, 6) is 0. The van der Waals surface area contributed by atoms with E-state index in [9.17, 15) is 0 Å². The Balaban J connectivity index is 0.000000236. The van der Waals surface area contributed by atoms with Crippen LogP contribution in [0.3, 0.4) is 0 Å². The third kappa shape index (κ3) is 5.13. The molecular formula is C5H17NO2Si2. The van der Waals surface area contributed by atoms with Gasteiger partial charge in [0.15, 0.2) is 0 Å². The van der Waals surface area contributed by atoms with E-state index in [4.69, 9.17) is 5.11 Å². The third-order valence-electron chi connectivity index (χ3n) is 1.38. The van der Waals surface area contributed by atoms with Gasteiger partial charge < -0.3 is 14.5 Å². The Morgan fingerprint density at radius 3 is 2.40 bits per heavy atom. The Morgan fingerprint density at radius 1 is 1.60 bits per heavy atom. The summed E-state index contributed by atoms with van der Waals surface area (Å²) in [6.45, 7) is 1.39. The molecule has 5 heteroatoms. The van der Waals surface area contributed by atoms with Crippen molar-refractivity contribution in [3.8, 4) is 0 Å². The molecule has 0 unspecified atom stereocenters. The average Bonchev–Trinajstić information content (AvgIpc) is 2.39. The highest BCUT2D eigenvalue weighted by Crippen LogP contribution is 2.02. The summed E-state index contributed by atoms with van der Waals surface area (Å²) in [5, 5.41) is 11.7. The van der Waals surface area contributed by atoms with Gasteiger partial charge in [-0.1, -0.05) is 0 Å². The predicted molar refractivity (Wildman–Crippen MR) is 49.1 cm³/mol. The molecule has 1 fully saturated rings. The zero-order valence-corrected chi connectivity index (χ0v) is 10.8. The molecular weight excluding hydrogens is 162 g/mol. The van der Waals surface area contributed by atoms with Crippen LogP contribution in [-0.2, 0) is 4.12 Å². The van der Waals surface area contributed by atoms with Crippen LogP contribution in [-0.4, -0.2) is 45.3 Å². The number of rotatable bonds is 1. The first kappa shape index (κ1) is 10.3. The highest BCUT2D eigenvalue weighted by Gasteiger charge is 2.10. The maximum Gasteiger partial charge on any atom is 0.129 e. The first-order valence-corrected chi connectivity index (χ1v) is 5.22. The standard InChI is InChI=1S/C5H11NO.H6OSi2/c7-4-5-2-1-3-6-5;2-1-3/h5-7H,1-4H2;2-3H3/t5-;/m0./s1. The van der Waals surface area contributed by atoms with Gasteiger partial charge in [-0.3, -0.25) is 0 Å². The summed E-state index contributed by atoms with van der Waals surface area (Å²) in [6, 6.07) is 0.403. The van der Waals surface area contributed by atoms with Crippen molar-refractivity contribution in [2.45, 2.75) is 18.9 Å². The fraction of sp³-hybridized carbons (Fsp3) is 1.00. The molecule has 1 aliphatic heterocycles. The second-order valence-corrected chi connectivity index (χ2v) is 5.65. The van der Waals surface area contributed by atoms with Crippen molar-refractivity contribution in [1.29, 1.82) is 0 Å². The van der Waals surface area contributed by atoms with Crippen LogP contribution < -0.4 is 5.32 Å². The van der Waals surface area contributed by atoms with Crippen LogP contribution in [0, 0.1) is 0 Å². The lowest BCUT2D eigenvalue weighted by Crippen LogP contribution is -2.24. The quantitative estimate of drug-likeness (QED) is 0.430. The van der Waals surface area contributed by atoms with E-state index in [1.165, 1.54) is 6.42 Å². The van der Waals surface area contributed by atoms with Gasteiger partial charge in [0.05, 0.1) is 6.61 Å². The van der Waals surface area contributed by atoms with Crippen LogP contribution in [0.1, 0.15) is 12.8 Å². The van der Waals surface area contributed by atoms with Crippen molar-refractivity contribution in [3.63, 3.8) is 0 Å². The Morgan fingerprint density at radius 2 is 2.20 bits per heavy atom. The van der Waals surface area contributed by atoms with Gasteiger partial charge in [0.2, 0.25) is 0 Å². The summed E-state index contributed by atoms with van der Waals surface area (Å²) < 4.78 is 4.53. The maximum absolute atomic E-state index is 8.50. The van der Waals surface area contributed by atoms with Gasteiger partial charge in [0, 0.05) is 6.04 Å². The third-order valence-corrected chi connectivity index (χ3v) is 1.38. The van der Waals surface area contributed by atoms with Crippen LogP contribution in [0.15, 0.2) is 0 Å². The molecule has 0 aliphatic carbocycles. The highest BCUT2D eigenvalue weighted by molar-refractivity contribution is 6.15. The molecule has 1 heterocycles. The predicted octanol–water partition coefficient (Wildman–Crippen LogP) is -2.71. The van der Waals surface area contributed by atoms with Crippen molar-refractivity contribution in [2.75, 3.05) is 13.2 Å². The van der Waals surface area contributed by atoms with Crippen LogP contribution in [0.5, 0.6) is 0 Å². The van der Waals surface area contributed by atoms with Crippen LogP contribution >= 0.6 is 0 Å². The van der Waals surface area contributed by atoms with Gasteiger partial charge in [-0.25, -0.2) is 0 Å². The first-order chi connectivity index (χ1) is 4.85. The Bertz CT molecular complexity index is 68.7. The summed E-state index contributed by atoms with van der Waals surface area (Å²) in [4.78, 5) is 0. The van der Waals surface area contributed by atoms with Crippen LogP contribution in [0.4, 0.5) is 0 Å². The number of nitrogens with one attached hydrogen (secondary N) is 1. The van der Waals surface area contributed by atoms with Gasteiger partial charge in [-0.05, 0) is 19.4 Å². The zero-order chi connectivity index (χ0) is 7.82. The minimum absolute atomic E-state index is 0.306.